The maximum absolute atomic E-state index is 14.8. The highest BCUT2D eigenvalue weighted by atomic mass is 32.2. The lowest BCUT2D eigenvalue weighted by molar-refractivity contribution is -0.142. The van der Waals surface area contributed by atoms with Crippen LogP contribution in [0.25, 0.3) is 157 Å². The number of pyridine rings is 8. The van der Waals surface area contributed by atoms with E-state index in [2.05, 4.69) is 56.4 Å². The van der Waals surface area contributed by atoms with Crippen molar-refractivity contribution >= 4 is 38.4 Å². The summed E-state index contributed by atoms with van der Waals surface area (Å²) in [5.74, 6) is -6.35. The van der Waals surface area contributed by atoms with E-state index in [4.69, 9.17) is 28.9 Å². The van der Waals surface area contributed by atoms with Gasteiger partial charge in [0.05, 0.1) is 138 Å². The molecule has 0 aliphatic carbocycles. The minimum atomic E-state index is -3.41. The quantitative estimate of drug-likeness (QED) is 0.0450. The summed E-state index contributed by atoms with van der Waals surface area (Å²) in [6, 6.07) is 44.0. The number of ether oxygens (including phenoxy) is 4. The van der Waals surface area contributed by atoms with Crippen LogP contribution in [0.15, 0.2) is 257 Å². The summed E-state index contributed by atoms with van der Waals surface area (Å²) in [6.07, 6.45) is 30.9. The number of halogens is 8. The number of aryl methyl sites for hydroxylation is 5. The number of rotatable bonds is 22. The third kappa shape index (κ3) is 21.9. The number of imidazole rings is 4. The second-order valence-corrected chi connectivity index (χ2v) is 38.4. The fourth-order valence-corrected chi connectivity index (χ4v) is 18.6. The van der Waals surface area contributed by atoms with Gasteiger partial charge in [0.1, 0.15) is 69.1 Å². The lowest BCUT2D eigenvalue weighted by Gasteiger charge is -2.22. The number of sulfone groups is 1. The van der Waals surface area contributed by atoms with Gasteiger partial charge in [0, 0.05) is 199 Å². The Kier molecular flexibility index (Phi) is 27.6. The second-order valence-electron chi connectivity index (χ2n) is 36.2. The van der Waals surface area contributed by atoms with Gasteiger partial charge in [-0.3, -0.25) is 61.1 Å². The Morgan fingerprint density at radius 2 is 0.786 bits per heavy atom. The highest BCUT2D eigenvalue weighted by Crippen LogP contribution is 2.40. The third-order valence-electron chi connectivity index (χ3n) is 25.4. The van der Waals surface area contributed by atoms with Crippen molar-refractivity contribution in [3.8, 4) is 135 Å². The van der Waals surface area contributed by atoms with Gasteiger partial charge in [-0.15, -0.1) is 0 Å². The van der Waals surface area contributed by atoms with Gasteiger partial charge in [0.15, 0.2) is 15.6 Å². The molecule has 0 spiro atoms. The van der Waals surface area contributed by atoms with Crippen molar-refractivity contribution in [1.29, 1.82) is 0 Å². The predicted molar refractivity (Wildman–Crippen MR) is 533 cm³/mol. The van der Waals surface area contributed by atoms with Crippen LogP contribution in [-0.2, 0) is 86.8 Å². The Labute approximate surface area is 827 Å². The van der Waals surface area contributed by atoms with Gasteiger partial charge in [0.25, 0.3) is 0 Å². The topological polar surface area (TPSA) is 280 Å². The number of hydrogen-bond acceptors (Lipinski definition) is 19. The smallest absolute Gasteiger partial charge is 0.311 e. The van der Waals surface area contributed by atoms with E-state index < -0.39 is 68.1 Å². The van der Waals surface area contributed by atoms with E-state index in [1.54, 1.807) is 70.0 Å². The molecule has 1 atom stereocenters. The summed E-state index contributed by atoms with van der Waals surface area (Å²) in [6.45, 7) is 11.7. The molecule has 1 unspecified atom stereocenters. The normalized spacial score (nSPS) is 13.7. The molecule has 27 nitrogen and oxygen atoms in total. The van der Waals surface area contributed by atoms with Crippen LogP contribution in [0.4, 0.5) is 35.1 Å². The number of benzene rings is 4. The van der Waals surface area contributed by atoms with Gasteiger partial charge in [-0.25, -0.2) is 63.5 Å². The minimum Gasteiger partial charge on any atom is -0.466 e. The summed E-state index contributed by atoms with van der Waals surface area (Å²) in [5, 5.41) is 17.1. The van der Waals surface area contributed by atoms with E-state index in [1.807, 2.05) is 207 Å². The highest BCUT2D eigenvalue weighted by Gasteiger charge is 2.33. The SMILES string of the molecule is CCOC(=O)Cc1cc(-c2cnc3cc(-c4cnn(C)c4C)ccn23)cc(-c2ccc(F)cc2F)n1.Cc1c(-c2ccn3c(-c4cc(CS(C)(=O)=O)nc(-c5ccc(F)cc5F)c4)cnc3c2)cnn1C.Cn1cc(-c2ccn3c(-c4cc(CC5CCOCC5)nc(-c5ccc(F)cc5F)c4)cnc3c2)cn1.Cn1cc(-c2ccn3c(-c4cc(CCC5COC(C)(C)O5)nc(-c5ccc(F)cc5F)c4)cnc3c2)cn1. The van der Waals surface area contributed by atoms with E-state index >= 15 is 0 Å². The maximum atomic E-state index is 14.8. The molecule has 0 amide bonds. The van der Waals surface area contributed by atoms with Crippen LogP contribution >= 0.6 is 0 Å². The van der Waals surface area contributed by atoms with Gasteiger partial charge in [-0.1, -0.05) is 0 Å². The zero-order chi connectivity index (χ0) is 101. The van der Waals surface area contributed by atoms with Crippen LogP contribution < -0.4 is 0 Å². The molecule has 2 saturated heterocycles. The molecule has 2 aliphatic heterocycles. The van der Waals surface area contributed by atoms with Gasteiger partial charge >= 0.3 is 5.97 Å². The summed E-state index contributed by atoms with van der Waals surface area (Å²) < 4.78 is 174. The largest absolute Gasteiger partial charge is 0.466 e. The first kappa shape index (κ1) is 97.6. The molecule has 0 saturated carbocycles. The Balaban J connectivity index is 0.000000122. The van der Waals surface area contributed by atoms with Gasteiger partial charge in [-0.05, 0) is 240 Å². The molecule has 736 valence electrons. The summed E-state index contributed by atoms with van der Waals surface area (Å²) in [7, 11) is 4.13. The Hall–Kier alpha value is -16.2. The third-order valence-corrected chi connectivity index (χ3v) is 26.2. The van der Waals surface area contributed by atoms with E-state index in [9.17, 15) is 48.3 Å². The molecule has 20 aromatic rings. The zero-order valence-electron chi connectivity index (χ0n) is 80.4. The van der Waals surface area contributed by atoms with Crippen molar-refractivity contribution in [1.82, 2.24) is 96.6 Å². The number of fused-ring (bicyclic) bond motifs is 4. The van der Waals surface area contributed by atoms with Crippen LogP contribution in [0.5, 0.6) is 0 Å². The standard InChI is InChI=1S/C29H27F2N5O2.C28H25F2N5O.C27H23F2N5O2.C25H21F2N5O2S/c1-29(2)37-17-23(38-29)6-5-22-10-19(11-26(34-22)24-7-4-21(30)13-25(24)31)27-15-32-28-12-18(8-9-36(27)28)20-14-33-35(3)16-20;1-34-17-21(15-32-34)19-4-7-35-27(16-31-28(35)13-19)20-11-23(10-18-5-8-36-9-6-18)33-26(12-20)24-3-2-22(29)14-25(24)30;1-4-36-27(35)13-20-9-18(10-24(32-20)21-6-5-19(28)12-23(21)29)25-15-30-26-11-17(7-8-34(25)26)22-14-31-33(3)16(22)2;1-15-21(12-29-31(15)2)16-6-7-32-24(13-28-25(32)10-16)17-8-19(14-35(3,33)34)30-23(9-17)20-5-4-18(26)11-22(20)27/h4,7-16,23H,5-6,17H2,1-3H3;2-4,7,11-18H,5-6,8-10H2,1H3;5-12,14-15H,4,13H2,1-3H3;4-13H,14H2,1-3H3. The van der Waals surface area contributed by atoms with Gasteiger partial charge in [-0.2, -0.15) is 20.4 Å². The summed E-state index contributed by atoms with van der Waals surface area (Å²) in [4.78, 5) is 48.9. The van der Waals surface area contributed by atoms with Crippen LogP contribution in [0, 0.1) is 66.3 Å². The first-order valence-electron chi connectivity index (χ1n) is 46.6. The second kappa shape index (κ2) is 41.0. The number of hydrogen-bond donors (Lipinski definition) is 0. The molecule has 0 bridgehead atoms. The molecule has 0 N–H and O–H groups in total. The molecule has 0 radical (unpaired) electrons. The van der Waals surface area contributed by atoms with Crippen molar-refractivity contribution in [2.45, 2.75) is 90.8 Å². The minimum absolute atomic E-state index is 0.0526. The Morgan fingerprint density at radius 1 is 0.421 bits per heavy atom. The van der Waals surface area contributed by atoms with Gasteiger partial charge < -0.3 is 18.9 Å². The van der Waals surface area contributed by atoms with Crippen LogP contribution in [0.3, 0.4) is 0 Å². The molecule has 145 heavy (non-hydrogen) atoms. The molecule has 2 aliphatic rings. The monoisotopic (exact) mass is 1980 g/mol. The van der Waals surface area contributed by atoms with Crippen LogP contribution in [0.1, 0.15) is 74.2 Å². The van der Waals surface area contributed by atoms with E-state index in [0.29, 0.717) is 70.6 Å². The van der Waals surface area contributed by atoms with Gasteiger partial charge in [0.2, 0.25) is 0 Å². The van der Waals surface area contributed by atoms with Crippen molar-refractivity contribution in [3.05, 3.63) is 337 Å². The fourth-order valence-electron chi connectivity index (χ4n) is 17.9. The first-order chi connectivity index (χ1) is 69.7. The molecular formula is C109H96F8N20O7S. The number of carbonyl (C=O) groups excluding carboxylic acids is 1. The molecule has 16 aromatic heterocycles. The molecule has 36 heteroatoms. The maximum Gasteiger partial charge on any atom is 0.311 e. The number of aromatic nitrogens is 20. The average molecular weight is 1980 g/mol. The predicted octanol–water partition coefficient (Wildman–Crippen LogP) is 21.3. The summed E-state index contributed by atoms with van der Waals surface area (Å²) >= 11 is 0. The van der Waals surface area contributed by atoms with E-state index in [0.717, 1.165) is 176 Å². The lowest BCUT2D eigenvalue weighted by atomic mass is 9.93. The number of carbonyl (C=O) groups is 1. The molecular weight excluding hydrogens is 1890 g/mol. The van der Waals surface area contributed by atoms with Crippen molar-refractivity contribution in [2.75, 3.05) is 32.7 Å². The van der Waals surface area contributed by atoms with Crippen molar-refractivity contribution < 1.29 is 67.3 Å². The average Bonchev–Trinajstić information content (AvgIpc) is 1.61. The van der Waals surface area contributed by atoms with E-state index in [-0.39, 0.29) is 64.2 Å². The molecule has 4 aromatic carbocycles. The lowest BCUT2D eigenvalue weighted by Crippen LogP contribution is -2.21. The molecule has 22 rings (SSSR count). The number of esters is 1. The first-order valence-corrected chi connectivity index (χ1v) is 48.7. The zero-order valence-corrected chi connectivity index (χ0v) is 81.2. The molecule has 2 fully saturated rings. The molecule has 18 heterocycles. The van der Waals surface area contributed by atoms with Crippen LogP contribution in [0.2, 0.25) is 0 Å². The highest BCUT2D eigenvalue weighted by molar-refractivity contribution is 7.89. The van der Waals surface area contributed by atoms with Crippen molar-refractivity contribution in [3.63, 3.8) is 0 Å². The Bertz CT molecular complexity index is 8440. The van der Waals surface area contributed by atoms with E-state index in [1.165, 1.54) is 42.5 Å². The number of nitrogens with zero attached hydrogens (tertiary/aromatic N) is 20. The van der Waals surface area contributed by atoms with Crippen LogP contribution in [-0.4, -0.2) is 156 Å². The fraction of sp³-hybridized carbons (Fsp3) is 0.220. The van der Waals surface area contributed by atoms with Crippen molar-refractivity contribution in [2.24, 2.45) is 34.1 Å². The Morgan fingerprint density at radius 3 is 1.14 bits per heavy atom. The summed E-state index contributed by atoms with van der Waals surface area (Å²) in [5.41, 5.74) is 23.6.